The van der Waals surface area contributed by atoms with Crippen molar-refractivity contribution in [3.63, 3.8) is 0 Å². The third-order valence-electron chi connectivity index (χ3n) is 2.90. The van der Waals surface area contributed by atoms with Crippen molar-refractivity contribution in [2.45, 2.75) is 32.0 Å². The summed E-state index contributed by atoms with van der Waals surface area (Å²) in [6.07, 6.45) is -0.957. The molecule has 0 aliphatic heterocycles. The average Bonchev–Trinajstić information content (AvgIpc) is 2.79. The molecule has 7 heteroatoms. The van der Waals surface area contributed by atoms with Crippen molar-refractivity contribution < 1.29 is 23.1 Å². The van der Waals surface area contributed by atoms with Gasteiger partial charge in [0.25, 0.3) is 5.91 Å². The van der Waals surface area contributed by atoms with Gasteiger partial charge in [-0.15, -0.1) is 0 Å². The minimum atomic E-state index is -4.35. The van der Waals surface area contributed by atoms with Gasteiger partial charge in [-0.05, 0) is 31.4 Å². The summed E-state index contributed by atoms with van der Waals surface area (Å²) < 4.78 is 38.1. The summed E-state index contributed by atoms with van der Waals surface area (Å²) >= 11 is 0. The van der Waals surface area contributed by atoms with E-state index in [0.29, 0.717) is 19.4 Å². The van der Waals surface area contributed by atoms with E-state index in [0.717, 1.165) is 11.0 Å². The first-order valence-electron chi connectivity index (χ1n) is 6.43. The standard InChI is InChI=1S/C13H19F3N2O2/c1-17(7-3-2-4-9-19)12(20)11-6-5-8-18(11)10-13(14,15)16/h5-6,8,19H,2-4,7,9-10H2,1H3. The van der Waals surface area contributed by atoms with Crippen molar-refractivity contribution in [1.29, 1.82) is 0 Å². The van der Waals surface area contributed by atoms with Gasteiger partial charge in [-0.1, -0.05) is 0 Å². The maximum absolute atomic E-state index is 12.4. The lowest BCUT2D eigenvalue weighted by Gasteiger charge is -2.19. The number of nitrogens with zero attached hydrogens (tertiary/aromatic N) is 2. The van der Waals surface area contributed by atoms with Crippen LogP contribution in [0.25, 0.3) is 0 Å². The Labute approximate surface area is 115 Å². The molecule has 1 aromatic heterocycles. The van der Waals surface area contributed by atoms with Crippen LogP contribution in [0.4, 0.5) is 13.2 Å². The minimum Gasteiger partial charge on any atom is -0.396 e. The largest absolute Gasteiger partial charge is 0.406 e. The first-order valence-corrected chi connectivity index (χ1v) is 6.43. The van der Waals surface area contributed by atoms with Crippen LogP contribution in [0.15, 0.2) is 18.3 Å². The number of alkyl halides is 3. The van der Waals surface area contributed by atoms with Gasteiger partial charge in [0.2, 0.25) is 0 Å². The van der Waals surface area contributed by atoms with Gasteiger partial charge in [0.1, 0.15) is 12.2 Å². The summed E-state index contributed by atoms with van der Waals surface area (Å²) in [7, 11) is 1.56. The quantitative estimate of drug-likeness (QED) is 0.784. The highest BCUT2D eigenvalue weighted by Gasteiger charge is 2.29. The molecule has 0 radical (unpaired) electrons. The van der Waals surface area contributed by atoms with E-state index in [1.807, 2.05) is 0 Å². The number of carbonyl (C=O) groups excluding carboxylic acids is 1. The highest BCUT2D eigenvalue weighted by molar-refractivity contribution is 5.92. The smallest absolute Gasteiger partial charge is 0.396 e. The SMILES string of the molecule is CN(CCCCCO)C(=O)c1cccn1CC(F)(F)F. The van der Waals surface area contributed by atoms with Crippen LogP contribution in [0.1, 0.15) is 29.8 Å². The molecule has 0 aliphatic carbocycles. The van der Waals surface area contributed by atoms with Crippen LogP contribution in [-0.4, -0.2) is 46.9 Å². The summed E-state index contributed by atoms with van der Waals surface area (Å²) in [5, 5.41) is 8.65. The lowest BCUT2D eigenvalue weighted by molar-refractivity contribution is -0.140. The molecule has 0 unspecified atom stereocenters. The number of aliphatic hydroxyl groups is 1. The monoisotopic (exact) mass is 292 g/mol. The number of amides is 1. The Hall–Kier alpha value is -1.50. The van der Waals surface area contributed by atoms with Gasteiger partial charge in [0, 0.05) is 26.4 Å². The maximum atomic E-state index is 12.4. The minimum absolute atomic E-state index is 0.0342. The first-order chi connectivity index (χ1) is 9.35. The molecule has 1 heterocycles. The fourth-order valence-corrected chi connectivity index (χ4v) is 1.87. The molecule has 1 rings (SSSR count). The Morgan fingerprint density at radius 3 is 2.65 bits per heavy atom. The molecule has 0 saturated carbocycles. The molecule has 0 aliphatic rings. The maximum Gasteiger partial charge on any atom is 0.406 e. The normalized spacial score (nSPS) is 11.7. The number of hydrogen-bond acceptors (Lipinski definition) is 2. The Kier molecular flexibility index (Phi) is 6.06. The summed E-state index contributed by atoms with van der Waals surface area (Å²) in [4.78, 5) is 13.5. The molecular formula is C13H19F3N2O2. The van der Waals surface area contributed by atoms with E-state index in [9.17, 15) is 18.0 Å². The first kappa shape index (κ1) is 16.6. The Morgan fingerprint density at radius 2 is 2.05 bits per heavy atom. The number of halogens is 3. The molecule has 0 atom stereocenters. The third kappa shape index (κ3) is 5.24. The van der Waals surface area contributed by atoms with Crippen molar-refractivity contribution in [2.24, 2.45) is 0 Å². The second-order valence-electron chi connectivity index (χ2n) is 4.65. The number of unbranched alkanes of at least 4 members (excludes halogenated alkanes) is 2. The lowest BCUT2D eigenvalue weighted by atomic mass is 10.2. The Balaban J connectivity index is 2.61. The van der Waals surface area contributed by atoms with Gasteiger partial charge in [-0.3, -0.25) is 4.79 Å². The van der Waals surface area contributed by atoms with Crippen LogP contribution in [0.2, 0.25) is 0 Å². The second-order valence-corrected chi connectivity index (χ2v) is 4.65. The zero-order chi connectivity index (χ0) is 15.2. The van der Waals surface area contributed by atoms with E-state index in [4.69, 9.17) is 5.11 Å². The van der Waals surface area contributed by atoms with Gasteiger partial charge < -0.3 is 14.6 Å². The molecule has 1 aromatic rings. The van der Waals surface area contributed by atoms with E-state index < -0.39 is 18.6 Å². The van der Waals surface area contributed by atoms with E-state index in [1.54, 1.807) is 7.05 Å². The Morgan fingerprint density at radius 1 is 1.35 bits per heavy atom. The molecular weight excluding hydrogens is 273 g/mol. The molecule has 20 heavy (non-hydrogen) atoms. The van der Waals surface area contributed by atoms with Gasteiger partial charge >= 0.3 is 6.18 Å². The van der Waals surface area contributed by atoms with Crippen LogP contribution < -0.4 is 0 Å². The van der Waals surface area contributed by atoms with Gasteiger partial charge in [0.15, 0.2) is 0 Å². The topological polar surface area (TPSA) is 45.5 Å². The average molecular weight is 292 g/mol. The molecule has 0 aromatic carbocycles. The molecule has 114 valence electrons. The number of carbonyl (C=O) groups is 1. The van der Waals surface area contributed by atoms with Crippen molar-refractivity contribution in [3.8, 4) is 0 Å². The Bertz CT molecular complexity index is 429. The molecule has 0 fully saturated rings. The molecule has 1 amide bonds. The van der Waals surface area contributed by atoms with E-state index in [2.05, 4.69) is 0 Å². The fourth-order valence-electron chi connectivity index (χ4n) is 1.87. The number of rotatable bonds is 7. The molecule has 1 N–H and O–H groups in total. The number of aromatic nitrogens is 1. The molecule has 0 spiro atoms. The summed E-state index contributed by atoms with van der Waals surface area (Å²) in [5.41, 5.74) is 0.0342. The summed E-state index contributed by atoms with van der Waals surface area (Å²) in [6, 6.07) is 2.82. The lowest BCUT2D eigenvalue weighted by Crippen LogP contribution is -2.31. The molecule has 4 nitrogen and oxygen atoms in total. The van der Waals surface area contributed by atoms with Crippen LogP contribution in [0, 0.1) is 0 Å². The molecule has 0 bridgehead atoms. The van der Waals surface area contributed by atoms with Crippen LogP contribution in [-0.2, 0) is 6.54 Å². The van der Waals surface area contributed by atoms with Gasteiger partial charge in [-0.2, -0.15) is 13.2 Å². The van der Waals surface area contributed by atoms with E-state index in [1.165, 1.54) is 23.2 Å². The van der Waals surface area contributed by atoms with E-state index >= 15 is 0 Å². The predicted octanol–water partition coefficient (Wildman–Crippen LogP) is 2.29. The van der Waals surface area contributed by atoms with Crippen LogP contribution in [0.5, 0.6) is 0 Å². The van der Waals surface area contributed by atoms with Crippen molar-refractivity contribution in [1.82, 2.24) is 9.47 Å². The van der Waals surface area contributed by atoms with Crippen molar-refractivity contribution in [3.05, 3.63) is 24.0 Å². The highest BCUT2D eigenvalue weighted by atomic mass is 19.4. The number of aliphatic hydroxyl groups excluding tert-OH is 1. The number of hydrogen-bond donors (Lipinski definition) is 1. The predicted molar refractivity (Wildman–Crippen MR) is 68.4 cm³/mol. The van der Waals surface area contributed by atoms with Crippen LogP contribution >= 0.6 is 0 Å². The van der Waals surface area contributed by atoms with Crippen molar-refractivity contribution >= 4 is 5.91 Å². The zero-order valence-electron chi connectivity index (χ0n) is 11.4. The summed E-state index contributed by atoms with van der Waals surface area (Å²) in [6.45, 7) is -0.610. The fraction of sp³-hybridized carbons (Fsp3) is 0.615. The third-order valence-corrected chi connectivity index (χ3v) is 2.90. The zero-order valence-corrected chi connectivity index (χ0v) is 11.4. The van der Waals surface area contributed by atoms with Crippen molar-refractivity contribution in [2.75, 3.05) is 20.2 Å². The second kappa shape index (κ2) is 7.33. The highest BCUT2D eigenvalue weighted by Crippen LogP contribution is 2.19. The van der Waals surface area contributed by atoms with Gasteiger partial charge in [-0.25, -0.2) is 0 Å². The van der Waals surface area contributed by atoms with E-state index in [-0.39, 0.29) is 12.3 Å². The van der Waals surface area contributed by atoms with Crippen LogP contribution in [0.3, 0.4) is 0 Å². The van der Waals surface area contributed by atoms with Gasteiger partial charge in [0.05, 0.1) is 0 Å². The summed E-state index contributed by atoms with van der Waals surface area (Å²) in [5.74, 6) is -0.428. The molecule has 0 saturated heterocycles.